The van der Waals surface area contributed by atoms with Crippen LogP contribution >= 0.6 is 11.8 Å². The van der Waals surface area contributed by atoms with Crippen molar-refractivity contribution >= 4 is 25.7 Å². The topological polar surface area (TPSA) is 44.8 Å². The minimum absolute atomic E-state index is 0.0302. The molecule has 0 aliphatic heterocycles. The van der Waals surface area contributed by atoms with Crippen LogP contribution in [-0.2, 0) is 18.1 Å². The van der Waals surface area contributed by atoms with Gasteiger partial charge in [0.2, 0.25) is 5.12 Å². The van der Waals surface area contributed by atoms with Gasteiger partial charge < -0.3 is 13.3 Å². The molecule has 0 aliphatic carbocycles. The fourth-order valence-electron chi connectivity index (χ4n) is 1.34. The van der Waals surface area contributed by atoms with E-state index in [4.69, 9.17) is 13.3 Å². The Morgan fingerprint density at radius 2 is 1.65 bits per heavy atom. The van der Waals surface area contributed by atoms with Gasteiger partial charge in [-0.3, -0.25) is 4.79 Å². The number of carbonyl (C=O) groups excluding carboxylic acids is 1. The van der Waals surface area contributed by atoms with E-state index in [9.17, 15) is 4.79 Å². The van der Waals surface area contributed by atoms with Gasteiger partial charge in [0, 0.05) is 31.6 Å². The van der Waals surface area contributed by atoms with E-state index in [1.807, 2.05) is 20.8 Å². The second-order valence-electron chi connectivity index (χ2n) is 3.10. The Morgan fingerprint density at radius 1 is 1.18 bits per heavy atom. The third-order valence-corrected chi connectivity index (χ3v) is 6.18. The monoisotopic (exact) mass is 278 g/mol. The highest BCUT2D eigenvalue weighted by Gasteiger charge is 2.39. The van der Waals surface area contributed by atoms with E-state index in [0.717, 1.165) is 0 Å². The lowest BCUT2D eigenvalue weighted by Crippen LogP contribution is -2.46. The van der Waals surface area contributed by atoms with Gasteiger partial charge in [0.05, 0.1) is 0 Å². The highest BCUT2D eigenvalue weighted by atomic mass is 32.2. The molecule has 0 bridgehead atoms. The molecule has 0 amide bonds. The lowest BCUT2D eigenvalue weighted by molar-refractivity contribution is -0.107. The highest BCUT2D eigenvalue weighted by Crippen LogP contribution is 2.19. The van der Waals surface area contributed by atoms with Gasteiger partial charge in [-0.2, -0.15) is 0 Å². The van der Waals surface area contributed by atoms with Crippen LogP contribution in [0.4, 0.5) is 0 Å². The predicted octanol–water partition coefficient (Wildman–Crippen LogP) is 2.48. The molecule has 0 saturated carbocycles. The zero-order valence-corrected chi connectivity index (χ0v) is 12.7. The lowest BCUT2D eigenvalue weighted by Gasteiger charge is -2.28. The van der Waals surface area contributed by atoms with E-state index >= 15 is 0 Å². The van der Waals surface area contributed by atoms with Crippen LogP contribution in [0.1, 0.15) is 20.8 Å². The maximum absolute atomic E-state index is 11.1. The van der Waals surface area contributed by atoms with E-state index in [0.29, 0.717) is 31.6 Å². The Hall–Kier alpha value is -0.143. The third-order valence-electron chi connectivity index (χ3n) is 1.91. The molecule has 0 rings (SSSR count). The summed E-state index contributed by atoms with van der Waals surface area (Å²) in [6.07, 6.45) is 1.32. The molecule has 0 spiro atoms. The van der Waals surface area contributed by atoms with E-state index < -0.39 is 8.80 Å². The quantitative estimate of drug-likeness (QED) is 0.454. The van der Waals surface area contributed by atoms with Crippen LogP contribution in [0.3, 0.4) is 0 Å². The molecule has 0 unspecified atom stereocenters. The largest absolute Gasteiger partial charge is 0.501 e. The molecule has 0 N–H and O–H groups in total. The molecule has 100 valence electrons. The van der Waals surface area contributed by atoms with Gasteiger partial charge in [-0.05, 0) is 26.8 Å². The summed E-state index contributed by atoms with van der Waals surface area (Å²) in [6.45, 7) is 10.9. The van der Waals surface area contributed by atoms with Gasteiger partial charge in [0.1, 0.15) is 0 Å². The van der Waals surface area contributed by atoms with E-state index in [2.05, 4.69) is 6.58 Å². The molecule has 0 radical (unpaired) electrons. The molecular weight excluding hydrogens is 256 g/mol. The van der Waals surface area contributed by atoms with Crippen molar-refractivity contribution in [3.8, 4) is 0 Å². The summed E-state index contributed by atoms with van der Waals surface area (Å²) in [5.74, 6) is 0.636. The highest BCUT2D eigenvalue weighted by molar-refractivity contribution is 8.14. The number of carbonyl (C=O) groups is 1. The molecule has 17 heavy (non-hydrogen) atoms. The Morgan fingerprint density at radius 3 is 2.00 bits per heavy atom. The van der Waals surface area contributed by atoms with Crippen molar-refractivity contribution in [1.29, 1.82) is 0 Å². The fourth-order valence-corrected chi connectivity index (χ4v) is 5.07. The average Bonchev–Trinajstić information content (AvgIpc) is 2.30. The average molecular weight is 278 g/mol. The molecule has 0 atom stereocenters. The normalized spacial score (nSPS) is 11.5. The molecule has 0 aliphatic rings. The Bertz CT molecular complexity index is 218. The van der Waals surface area contributed by atoms with Crippen LogP contribution in [0.25, 0.3) is 0 Å². The summed E-state index contributed by atoms with van der Waals surface area (Å²) in [5.41, 5.74) is 0. The Balaban J connectivity index is 4.32. The minimum Gasteiger partial charge on any atom is -0.374 e. The van der Waals surface area contributed by atoms with Crippen LogP contribution in [0.2, 0.25) is 6.04 Å². The SMILES string of the molecule is C=CC(=O)SCC[Si](OCC)(OCC)OCC. The Kier molecular flexibility index (Phi) is 9.76. The van der Waals surface area contributed by atoms with Crippen LogP contribution in [0.15, 0.2) is 12.7 Å². The van der Waals surface area contributed by atoms with Gasteiger partial charge in [-0.1, -0.05) is 18.3 Å². The van der Waals surface area contributed by atoms with Crippen LogP contribution in [0.5, 0.6) is 0 Å². The Labute approximate surface area is 109 Å². The molecule has 6 heteroatoms. The first-order valence-electron chi connectivity index (χ1n) is 5.85. The molecule has 4 nitrogen and oxygen atoms in total. The third kappa shape index (κ3) is 7.00. The summed E-state index contributed by atoms with van der Waals surface area (Å²) in [6, 6.07) is 0.646. The van der Waals surface area contributed by atoms with Crippen LogP contribution in [0, 0.1) is 0 Å². The van der Waals surface area contributed by atoms with Crippen molar-refractivity contribution in [2.24, 2.45) is 0 Å². The second-order valence-corrected chi connectivity index (χ2v) is 6.94. The first kappa shape index (κ1) is 16.9. The van der Waals surface area contributed by atoms with Gasteiger partial charge in [0.15, 0.2) is 0 Å². The van der Waals surface area contributed by atoms with E-state index in [-0.39, 0.29) is 5.12 Å². The maximum atomic E-state index is 11.1. The minimum atomic E-state index is -2.58. The van der Waals surface area contributed by atoms with Gasteiger partial charge in [-0.15, -0.1) is 0 Å². The summed E-state index contributed by atoms with van der Waals surface area (Å²) in [7, 11) is -2.58. The summed E-state index contributed by atoms with van der Waals surface area (Å²) >= 11 is 1.22. The molecule has 0 aromatic heterocycles. The van der Waals surface area contributed by atoms with Gasteiger partial charge in [-0.25, -0.2) is 0 Å². The van der Waals surface area contributed by atoms with Gasteiger partial charge >= 0.3 is 8.80 Å². The number of hydrogen-bond acceptors (Lipinski definition) is 5. The lowest BCUT2D eigenvalue weighted by atomic mass is 10.7. The summed E-state index contributed by atoms with van der Waals surface area (Å²) < 4.78 is 17.0. The maximum Gasteiger partial charge on any atom is 0.501 e. The van der Waals surface area contributed by atoms with Gasteiger partial charge in [0.25, 0.3) is 0 Å². The number of hydrogen-bond donors (Lipinski definition) is 0. The zero-order valence-electron chi connectivity index (χ0n) is 10.9. The molecular formula is C11H22O4SSi. The second kappa shape index (κ2) is 9.84. The smallest absolute Gasteiger partial charge is 0.374 e. The standard InChI is InChI=1S/C11H22O4SSi/c1-5-11(12)16-9-10-17(13-6-2,14-7-3)15-8-4/h5H,1,6-10H2,2-4H3. The van der Waals surface area contributed by atoms with Crippen LogP contribution < -0.4 is 0 Å². The van der Waals surface area contributed by atoms with Crippen molar-refractivity contribution in [2.75, 3.05) is 25.6 Å². The molecule has 0 aromatic carbocycles. The molecule has 0 heterocycles. The molecule has 0 aromatic rings. The van der Waals surface area contributed by atoms with Crippen LogP contribution in [-0.4, -0.2) is 39.5 Å². The first-order chi connectivity index (χ1) is 8.14. The summed E-state index contributed by atoms with van der Waals surface area (Å²) in [4.78, 5) is 11.1. The fraction of sp³-hybridized carbons (Fsp3) is 0.727. The summed E-state index contributed by atoms with van der Waals surface area (Å²) in [5, 5.41) is -0.0302. The molecule has 0 saturated heterocycles. The van der Waals surface area contributed by atoms with E-state index in [1.54, 1.807) is 0 Å². The number of rotatable bonds is 10. The van der Waals surface area contributed by atoms with Crippen molar-refractivity contribution in [3.63, 3.8) is 0 Å². The molecule has 0 fully saturated rings. The zero-order chi connectivity index (χ0) is 13.1. The first-order valence-corrected chi connectivity index (χ1v) is 8.76. The van der Waals surface area contributed by atoms with Crippen molar-refractivity contribution in [2.45, 2.75) is 26.8 Å². The van der Waals surface area contributed by atoms with Crippen molar-refractivity contribution in [3.05, 3.63) is 12.7 Å². The van der Waals surface area contributed by atoms with Crippen molar-refractivity contribution in [1.82, 2.24) is 0 Å². The van der Waals surface area contributed by atoms with E-state index in [1.165, 1.54) is 17.8 Å². The van der Waals surface area contributed by atoms with Crippen molar-refractivity contribution < 1.29 is 18.1 Å². The predicted molar refractivity (Wildman–Crippen MR) is 73.1 cm³/mol. The number of thioether (sulfide) groups is 1.